The summed E-state index contributed by atoms with van der Waals surface area (Å²) in [5.74, 6) is 0. The molecular formula is C5H10N2OSe. The Bertz CT molecular complexity index is 166. The van der Waals surface area contributed by atoms with Crippen LogP contribution >= 0.6 is 0 Å². The summed E-state index contributed by atoms with van der Waals surface area (Å²) in [5.41, 5.74) is 0. The van der Waals surface area contributed by atoms with Crippen molar-refractivity contribution in [3.8, 4) is 0 Å². The molecule has 0 radical (unpaired) electrons. The topological polar surface area (TPSA) is 32.3 Å². The van der Waals surface area contributed by atoms with Crippen molar-refractivity contribution in [2.45, 2.75) is 0 Å². The van der Waals surface area contributed by atoms with Gasteiger partial charge in [0, 0.05) is 0 Å². The molecule has 0 saturated heterocycles. The predicted octanol–water partition coefficient (Wildman–Crippen LogP) is -1.37. The third kappa shape index (κ3) is 3.46. The summed E-state index contributed by atoms with van der Waals surface area (Å²) >= 11 is -0.168. The fourth-order valence-electron chi connectivity index (χ4n) is 0.405. The number of carbonyl (C=O) groups excluding carboxylic acids is 1. The molecule has 4 heteroatoms. The van der Waals surface area contributed by atoms with Gasteiger partial charge >= 0.3 is 59.7 Å². The molecule has 52 valence electrons. The number of nitrogens with zero attached hydrogens (tertiary/aromatic N) is 1. The number of rotatable bonds is 2. The molecule has 0 aromatic heterocycles. The van der Waals surface area contributed by atoms with Crippen molar-refractivity contribution >= 4 is 23.5 Å². The number of hydrogen-bond acceptors (Lipinski definition) is 3. The first-order chi connectivity index (χ1) is 4.22. The molecule has 0 unspecified atom stereocenters. The van der Waals surface area contributed by atoms with Crippen LogP contribution in [0, 0.1) is 0 Å². The predicted molar refractivity (Wildman–Crippen MR) is 39.2 cm³/mol. The molecule has 0 aromatic rings. The van der Waals surface area contributed by atoms with Gasteiger partial charge in [0.1, 0.15) is 0 Å². The first kappa shape index (κ1) is 8.89. The Morgan fingerprint density at radius 2 is 2.22 bits per heavy atom. The van der Waals surface area contributed by atoms with Crippen LogP contribution in [0.2, 0.25) is 0 Å². The maximum atomic E-state index is 9.89. The third-order valence-corrected chi connectivity index (χ3v) is 2.53. The van der Waals surface area contributed by atoms with E-state index < -0.39 is 0 Å². The summed E-state index contributed by atoms with van der Waals surface area (Å²) < 4.78 is 0.942. The second-order valence-corrected chi connectivity index (χ2v) is 3.22. The zero-order valence-electron chi connectivity index (χ0n) is 5.76. The van der Waals surface area contributed by atoms with Crippen LogP contribution in [0.5, 0.6) is 0 Å². The molecule has 0 bridgehead atoms. The Morgan fingerprint density at radius 1 is 1.67 bits per heavy atom. The van der Waals surface area contributed by atoms with Crippen molar-refractivity contribution in [1.29, 1.82) is 0 Å². The molecule has 0 fully saturated rings. The molecule has 0 spiro atoms. The van der Waals surface area contributed by atoms with Crippen molar-refractivity contribution in [2.75, 3.05) is 21.1 Å². The molecule has 0 amide bonds. The van der Waals surface area contributed by atoms with E-state index in [2.05, 4.69) is 5.32 Å². The number of hydrogen-bond donors (Lipinski definition) is 1. The Balaban J connectivity index is 4.34. The Hall–Kier alpha value is -0.111. The van der Waals surface area contributed by atoms with Gasteiger partial charge in [0.05, 0.1) is 0 Å². The van der Waals surface area contributed by atoms with E-state index >= 15 is 0 Å². The average molecular weight is 193 g/mol. The van der Waals surface area contributed by atoms with Gasteiger partial charge in [-0.1, -0.05) is 0 Å². The van der Waals surface area contributed by atoms with Gasteiger partial charge in [-0.2, -0.15) is 0 Å². The van der Waals surface area contributed by atoms with Gasteiger partial charge in [0.2, 0.25) is 0 Å². The van der Waals surface area contributed by atoms with Crippen LogP contribution in [-0.2, 0) is 4.79 Å². The van der Waals surface area contributed by atoms with Gasteiger partial charge in [-0.25, -0.2) is 0 Å². The molecule has 3 nitrogen and oxygen atoms in total. The van der Waals surface area contributed by atoms with Crippen LogP contribution in [0.25, 0.3) is 0 Å². The van der Waals surface area contributed by atoms with E-state index in [1.807, 2.05) is 23.8 Å². The molecule has 0 atom stereocenters. The Kier molecular flexibility index (Phi) is 4.68. The van der Waals surface area contributed by atoms with Gasteiger partial charge in [0.25, 0.3) is 0 Å². The summed E-state index contributed by atoms with van der Waals surface area (Å²) in [6, 6.07) is 0. The first-order valence-electron chi connectivity index (χ1n) is 2.48. The molecule has 0 aliphatic heterocycles. The molecule has 9 heavy (non-hydrogen) atoms. The van der Waals surface area contributed by atoms with E-state index in [0.29, 0.717) is 0 Å². The molecule has 0 heterocycles. The molecule has 0 rings (SSSR count). The van der Waals surface area contributed by atoms with Gasteiger partial charge < -0.3 is 0 Å². The zero-order valence-corrected chi connectivity index (χ0v) is 7.48. The summed E-state index contributed by atoms with van der Waals surface area (Å²) in [5, 5.41) is 2.91. The first-order valence-corrected chi connectivity index (χ1v) is 4.19. The van der Waals surface area contributed by atoms with Crippen molar-refractivity contribution in [1.82, 2.24) is 10.2 Å². The Morgan fingerprint density at radius 3 is 2.33 bits per heavy atom. The van der Waals surface area contributed by atoms with Crippen LogP contribution in [0.3, 0.4) is 0 Å². The van der Waals surface area contributed by atoms with E-state index in [0.717, 1.165) is 4.67 Å². The maximum absolute atomic E-state index is 9.89. The van der Waals surface area contributed by atoms with Crippen LogP contribution in [0.15, 0.2) is 0 Å². The van der Waals surface area contributed by atoms with Crippen LogP contribution in [-0.4, -0.2) is 49.6 Å². The molecule has 0 aliphatic carbocycles. The SMILES string of the molecule is CNC(=[Se]=C=O)N(C)C. The van der Waals surface area contributed by atoms with Gasteiger partial charge in [0.15, 0.2) is 0 Å². The van der Waals surface area contributed by atoms with Crippen LogP contribution < -0.4 is 5.32 Å². The minimum absolute atomic E-state index is 0.168. The number of nitrogens with one attached hydrogen (secondary N) is 1. The molecule has 1 N–H and O–H groups in total. The average Bonchev–Trinajstić information content (AvgIpc) is 1.82. The van der Waals surface area contributed by atoms with E-state index in [1.165, 1.54) is 0 Å². The van der Waals surface area contributed by atoms with Gasteiger partial charge in [-0.15, -0.1) is 0 Å². The Labute approximate surface area is 60.3 Å². The van der Waals surface area contributed by atoms with Crippen LogP contribution in [0.1, 0.15) is 0 Å². The quantitative estimate of drug-likeness (QED) is 0.549. The zero-order chi connectivity index (χ0) is 7.28. The third-order valence-electron chi connectivity index (χ3n) is 0.758. The molecule has 0 aromatic carbocycles. The van der Waals surface area contributed by atoms with E-state index in [1.54, 1.807) is 7.05 Å². The molecule has 0 aliphatic rings. The summed E-state index contributed by atoms with van der Waals surface area (Å²) in [4.78, 5) is 13.6. The molecular weight excluding hydrogens is 183 g/mol. The fourth-order valence-corrected chi connectivity index (χ4v) is 1.17. The van der Waals surface area contributed by atoms with E-state index in [-0.39, 0.29) is 14.1 Å². The van der Waals surface area contributed by atoms with Crippen molar-refractivity contribution in [3.05, 3.63) is 0 Å². The summed E-state index contributed by atoms with van der Waals surface area (Å²) in [7, 11) is 5.59. The van der Waals surface area contributed by atoms with E-state index in [9.17, 15) is 4.79 Å². The fraction of sp³-hybridized carbons (Fsp3) is 0.600. The summed E-state index contributed by atoms with van der Waals surface area (Å²) in [6.45, 7) is 0. The molecule has 0 saturated carbocycles. The van der Waals surface area contributed by atoms with Crippen molar-refractivity contribution < 1.29 is 4.79 Å². The van der Waals surface area contributed by atoms with Crippen molar-refractivity contribution in [3.63, 3.8) is 0 Å². The second-order valence-electron chi connectivity index (χ2n) is 1.63. The van der Waals surface area contributed by atoms with Crippen molar-refractivity contribution in [2.24, 2.45) is 0 Å². The monoisotopic (exact) mass is 194 g/mol. The standard InChI is InChI=1S/C5H10N2OSe/c1-6-5(7(2)3)9-4-8/h6H,1-3H3. The second kappa shape index (κ2) is 4.74. The minimum atomic E-state index is -0.168. The summed E-state index contributed by atoms with van der Waals surface area (Å²) in [6.07, 6.45) is 0. The van der Waals surface area contributed by atoms with Crippen LogP contribution in [0.4, 0.5) is 0 Å². The van der Waals surface area contributed by atoms with Gasteiger partial charge in [-0.05, 0) is 0 Å². The van der Waals surface area contributed by atoms with E-state index in [4.69, 9.17) is 0 Å². The normalized spacial score (nSPS) is 8.89. The van der Waals surface area contributed by atoms with Gasteiger partial charge in [-0.3, -0.25) is 0 Å².